The lowest BCUT2D eigenvalue weighted by Crippen LogP contribution is -2.47. The quantitative estimate of drug-likeness (QED) is 0.308. The fraction of sp³-hybridized carbons (Fsp3) is 0.346. The molecule has 7 rings (SSSR count). The predicted octanol–water partition coefficient (Wildman–Crippen LogP) is 7.09. The van der Waals surface area contributed by atoms with E-state index in [0.717, 1.165) is 25.0 Å². The molecule has 2 bridgehead atoms. The van der Waals surface area contributed by atoms with Gasteiger partial charge in [0.1, 0.15) is 17.1 Å². The van der Waals surface area contributed by atoms with E-state index in [-0.39, 0.29) is 51.2 Å². The number of rotatable bonds is 4. The minimum absolute atomic E-state index is 0.0113. The molecule has 0 amide bonds. The Morgan fingerprint density at radius 3 is 2.60 bits per heavy atom. The molecule has 35 heavy (non-hydrogen) atoms. The highest BCUT2D eigenvalue weighted by Crippen LogP contribution is 2.48. The summed E-state index contributed by atoms with van der Waals surface area (Å²) in [5, 5.41) is 10.1. The number of aromatic amines is 1. The highest BCUT2D eigenvalue weighted by Gasteiger charge is 2.42. The molecule has 0 spiro atoms. The second-order valence-corrected chi connectivity index (χ2v) is 9.52. The lowest BCUT2D eigenvalue weighted by Gasteiger charge is -2.47. The van der Waals surface area contributed by atoms with Crippen LogP contribution >= 0.6 is 0 Å². The minimum Gasteiger partial charge on any atom is -0.466 e. The highest BCUT2D eigenvalue weighted by atomic mass is 19.1. The molecule has 3 fully saturated rings. The summed E-state index contributed by atoms with van der Waals surface area (Å²) in [6, 6.07) is 5.07. The fourth-order valence-corrected chi connectivity index (χ4v) is 5.96. The van der Waals surface area contributed by atoms with Crippen LogP contribution in [0.15, 0.2) is 34.9 Å². The number of anilines is 1. The minimum atomic E-state index is -0.842. The molecule has 3 aromatic heterocycles. The highest BCUT2D eigenvalue weighted by molar-refractivity contribution is 5.99. The third-order valence-electron chi connectivity index (χ3n) is 7.74. The van der Waals surface area contributed by atoms with Gasteiger partial charge in [-0.3, -0.25) is 5.10 Å². The van der Waals surface area contributed by atoms with Crippen molar-refractivity contribution in [2.75, 3.05) is 5.32 Å². The van der Waals surface area contributed by atoms with E-state index in [1.165, 1.54) is 19.1 Å². The fourth-order valence-electron chi connectivity index (χ4n) is 5.96. The number of aromatic nitrogens is 3. The Hall–Kier alpha value is -3.80. The molecule has 0 aliphatic heterocycles. The van der Waals surface area contributed by atoms with Crippen LogP contribution in [-0.2, 0) is 0 Å². The van der Waals surface area contributed by atoms with Crippen molar-refractivity contribution >= 4 is 22.4 Å². The molecule has 0 radical (unpaired) electrons. The van der Waals surface area contributed by atoms with Crippen LogP contribution in [0.2, 0.25) is 0 Å². The maximum Gasteiger partial charge on any atom is 0.228 e. The third kappa shape index (κ3) is 3.39. The molecule has 3 aliphatic carbocycles. The van der Waals surface area contributed by atoms with Gasteiger partial charge < -0.3 is 9.73 Å². The molecule has 3 saturated carbocycles. The topological polar surface area (TPSA) is 71.1 Å². The van der Waals surface area contributed by atoms with E-state index in [9.17, 15) is 8.78 Å². The summed E-state index contributed by atoms with van der Waals surface area (Å²) < 4.78 is 49.9. The lowest BCUT2D eigenvalue weighted by molar-refractivity contribution is 0.0926. The van der Waals surface area contributed by atoms with Gasteiger partial charge in [-0.05, 0) is 61.6 Å². The van der Waals surface area contributed by atoms with Crippen LogP contribution in [0.25, 0.3) is 38.5 Å². The number of pyridine rings is 1. The molecule has 4 aromatic rings. The molecule has 9 heteroatoms. The molecule has 3 aliphatic rings. The molecule has 178 valence electrons. The van der Waals surface area contributed by atoms with E-state index in [0.29, 0.717) is 17.8 Å². The Kier molecular flexibility index (Phi) is 5.06. The van der Waals surface area contributed by atoms with Crippen molar-refractivity contribution in [3.63, 3.8) is 0 Å². The van der Waals surface area contributed by atoms with Crippen LogP contribution in [0, 0.1) is 41.8 Å². The normalized spacial score (nSPS) is 23.5. The maximum atomic E-state index is 16.0. The summed E-state index contributed by atoms with van der Waals surface area (Å²) in [7, 11) is 0. The van der Waals surface area contributed by atoms with E-state index >= 15 is 4.39 Å². The molecule has 6 nitrogen and oxygen atoms in total. The van der Waals surface area contributed by atoms with E-state index in [1.807, 2.05) is 0 Å². The summed E-state index contributed by atoms with van der Waals surface area (Å²) >= 11 is 0. The zero-order chi connectivity index (χ0) is 24.3. The molecule has 3 heterocycles. The number of fused-ring (bicyclic) bond motifs is 4. The van der Waals surface area contributed by atoms with Crippen LogP contribution in [-0.4, -0.2) is 21.2 Å². The summed E-state index contributed by atoms with van der Waals surface area (Å²) in [4.78, 5) is 8.08. The van der Waals surface area contributed by atoms with Gasteiger partial charge in [0.15, 0.2) is 17.5 Å². The second-order valence-electron chi connectivity index (χ2n) is 9.52. The van der Waals surface area contributed by atoms with Crippen molar-refractivity contribution in [3.8, 4) is 22.7 Å². The van der Waals surface area contributed by atoms with E-state index < -0.39 is 17.5 Å². The monoisotopic (exact) mass is 477 g/mol. The van der Waals surface area contributed by atoms with Gasteiger partial charge in [-0.15, -0.1) is 0 Å². The van der Waals surface area contributed by atoms with Crippen LogP contribution in [0.3, 0.4) is 0 Å². The van der Waals surface area contributed by atoms with Crippen LogP contribution < -0.4 is 5.32 Å². The number of H-pyrrole nitrogens is 1. The molecule has 2 atom stereocenters. The van der Waals surface area contributed by atoms with Crippen molar-refractivity contribution in [1.82, 2.24) is 15.2 Å². The van der Waals surface area contributed by atoms with Crippen molar-refractivity contribution in [3.05, 3.63) is 59.4 Å². The molecule has 1 aromatic carbocycles. The average molecular weight is 477 g/mol. The number of hydrogen-bond donors (Lipinski definition) is 2. The summed E-state index contributed by atoms with van der Waals surface area (Å²) in [6.45, 7) is 10.00. The van der Waals surface area contributed by atoms with Gasteiger partial charge in [0, 0.05) is 17.5 Å². The number of furan rings is 1. The summed E-state index contributed by atoms with van der Waals surface area (Å²) in [6.07, 6.45) is 5.91. The van der Waals surface area contributed by atoms with E-state index in [2.05, 4.69) is 32.3 Å². The number of nitrogens with zero attached hydrogens (tertiary/aromatic N) is 3. The van der Waals surface area contributed by atoms with E-state index in [4.69, 9.17) is 11.0 Å². The standard InChI is InChI=1S/C26H22F3N5O/c1-12-13-5-7-14(8-6-13)21(12)31-26-20(29)19(18-4-3-9-35-18)24(30-2)25(32-26)23-16-10-15(27)11-17(28)22(16)33-34-23/h3-4,9-14,21H,5-8H2,1H3,(H,31,32)(H,33,34)/t12-,13?,14?,21+/m1/s1. The van der Waals surface area contributed by atoms with Gasteiger partial charge in [-0.25, -0.2) is 23.0 Å². The van der Waals surface area contributed by atoms with Gasteiger partial charge in [-0.1, -0.05) is 6.92 Å². The molecule has 2 N–H and O–H groups in total. The van der Waals surface area contributed by atoms with Gasteiger partial charge in [0.25, 0.3) is 0 Å². The van der Waals surface area contributed by atoms with Crippen molar-refractivity contribution in [1.29, 1.82) is 0 Å². The third-order valence-corrected chi connectivity index (χ3v) is 7.74. The molecular formula is C26H22F3N5O. The van der Waals surface area contributed by atoms with Crippen molar-refractivity contribution < 1.29 is 17.6 Å². The van der Waals surface area contributed by atoms with Gasteiger partial charge in [0.2, 0.25) is 5.69 Å². The SMILES string of the molecule is [C-]#[N+]c1c(-c2[nH]nc3c(F)cc(F)cc23)nc(N[C@@H]2C3CCC(CC3)[C@H]2C)c(F)c1-c1ccco1. The van der Waals surface area contributed by atoms with Gasteiger partial charge >= 0.3 is 0 Å². The maximum absolute atomic E-state index is 16.0. The number of nitrogens with one attached hydrogen (secondary N) is 2. The van der Waals surface area contributed by atoms with Crippen LogP contribution in [0.1, 0.15) is 32.6 Å². The smallest absolute Gasteiger partial charge is 0.228 e. The Balaban J connectivity index is 1.57. The molecule has 0 unspecified atom stereocenters. The first kappa shape index (κ1) is 21.7. The largest absolute Gasteiger partial charge is 0.466 e. The van der Waals surface area contributed by atoms with Crippen LogP contribution in [0.5, 0.6) is 0 Å². The van der Waals surface area contributed by atoms with Crippen LogP contribution in [0.4, 0.5) is 24.7 Å². The average Bonchev–Trinajstić information content (AvgIpc) is 3.53. The number of halogens is 3. The second kappa shape index (κ2) is 8.15. The lowest BCUT2D eigenvalue weighted by atomic mass is 9.62. The Morgan fingerprint density at radius 2 is 1.91 bits per heavy atom. The van der Waals surface area contributed by atoms with Crippen molar-refractivity contribution in [2.45, 2.75) is 38.6 Å². The summed E-state index contributed by atoms with van der Waals surface area (Å²) in [5.74, 6) is -0.840. The van der Waals surface area contributed by atoms with Gasteiger partial charge in [0.05, 0.1) is 29.8 Å². The number of hydrogen-bond acceptors (Lipinski definition) is 4. The summed E-state index contributed by atoms with van der Waals surface area (Å²) in [5.41, 5.74) is -0.0761. The van der Waals surface area contributed by atoms with Crippen molar-refractivity contribution in [2.24, 2.45) is 17.8 Å². The first-order valence-electron chi connectivity index (χ1n) is 11.7. The molecule has 0 saturated heterocycles. The predicted molar refractivity (Wildman–Crippen MR) is 125 cm³/mol. The zero-order valence-corrected chi connectivity index (χ0v) is 18.9. The van der Waals surface area contributed by atoms with E-state index in [1.54, 1.807) is 12.1 Å². The first-order chi connectivity index (χ1) is 17.0. The molecular weight excluding hydrogens is 455 g/mol. The zero-order valence-electron chi connectivity index (χ0n) is 18.9. The van der Waals surface area contributed by atoms with Gasteiger partial charge in [-0.2, -0.15) is 5.10 Å². The Bertz CT molecular complexity index is 1460. The number of benzene rings is 1. The first-order valence-corrected chi connectivity index (χ1v) is 11.7. The Morgan fingerprint density at radius 1 is 1.14 bits per heavy atom. The Labute approximate surface area is 199 Å².